The minimum Gasteiger partial charge on any atom is -0.371 e. The Hall–Kier alpha value is -2.45. The number of aromatic nitrogens is 2. The third-order valence-electron chi connectivity index (χ3n) is 3.64. The molecule has 1 atom stereocenters. The first kappa shape index (κ1) is 14.5. The van der Waals surface area contributed by atoms with Crippen molar-refractivity contribution in [2.75, 3.05) is 5.32 Å². The van der Waals surface area contributed by atoms with E-state index in [-0.39, 0.29) is 12.2 Å². The molecule has 1 aliphatic rings. The van der Waals surface area contributed by atoms with Crippen molar-refractivity contribution in [3.05, 3.63) is 47.4 Å². The fourth-order valence-corrected chi connectivity index (χ4v) is 2.71. The molecule has 0 saturated carbocycles. The van der Waals surface area contributed by atoms with E-state index in [1.165, 1.54) is 0 Å². The average Bonchev–Trinajstić information content (AvgIpc) is 2.91. The minimum absolute atomic E-state index is 0.0390. The molecule has 1 heterocycles. The Balaban J connectivity index is 1.88. The molecule has 0 radical (unpaired) electrons. The number of anilines is 2. The zero-order valence-corrected chi connectivity index (χ0v) is 12.7. The monoisotopic (exact) mass is 294 g/mol. The van der Waals surface area contributed by atoms with Crippen molar-refractivity contribution < 1.29 is 4.74 Å². The van der Waals surface area contributed by atoms with Crippen LogP contribution in [0.15, 0.2) is 30.6 Å². The van der Waals surface area contributed by atoms with Crippen LogP contribution in [-0.2, 0) is 11.2 Å². The third kappa shape index (κ3) is 2.92. The Kier molecular flexibility index (Phi) is 4.03. The van der Waals surface area contributed by atoms with Gasteiger partial charge in [-0.3, -0.25) is 0 Å². The van der Waals surface area contributed by atoms with Crippen LogP contribution < -0.4 is 5.32 Å². The number of nitrogens with one attached hydrogen (secondary N) is 1. The normalized spacial score (nSPS) is 16.4. The first-order chi connectivity index (χ1) is 10.7. The Morgan fingerprint density at radius 2 is 2.05 bits per heavy atom. The quantitative estimate of drug-likeness (QED) is 0.934. The Bertz CT molecular complexity index is 704. The van der Waals surface area contributed by atoms with Crippen molar-refractivity contribution in [3.63, 3.8) is 0 Å². The molecule has 3 rings (SSSR count). The zero-order chi connectivity index (χ0) is 15.5. The number of rotatable bonds is 4. The number of fused-ring (bicyclic) bond motifs is 1. The number of ether oxygens (including phenoxy) is 1. The fraction of sp³-hybridized carbons (Fsp3) is 0.353. The molecule has 1 aliphatic carbocycles. The van der Waals surface area contributed by atoms with E-state index in [1.54, 1.807) is 18.5 Å². The summed E-state index contributed by atoms with van der Waals surface area (Å²) in [6.07, 6.45) is 3.64. The predicted octanol–water partition coefficient (Wildman–Crippen LogP) is 3.50. The predicted molar refractivity (Wildman–Crippen MR) is 83.8 cm³/mol. The van der Waals surface area contributed by atoms with Gasteiger partial charge in [-0.15, -0.1) is 0 Å². The van der Waals surface area contributed by atoms with Gasteiger partial charge in [-0.1, -0.05) is 0 Å². The van der Waals surface area contributed by atoms with Gasteiger partial charge in [0.05, 0.1) is 29.5 Å². The summed E-state index contributed by atoms with van der Waals surface area (Å²) in [7, 11) is 0. The van der Waals surface area contributed by atoms with Crippen molar-refractivity contribution in [2.45, 2.75) is 38.9 Å². The number of nitriles is 1. The Morgan fingerprint density at radius 1 is 1.27 bits per heavy atom. The number of hydrogen-bond acceptors (Lipinski definition) is 5. The van der Waals surface area contributed by atoms with Gasteiger partial charge < -0.3 is 10.1 Å². The van der Waals surface area contributed by atoms with E-state index in [4.69, 9.17) is 10.00 Å². The van der Waals surface area contributed by atoms with Gasteiger partial charge in [0.2, 0.25) is 0 Å². The lowest BCUT2D eigenvalue weighted by Crippen LogP contribution is -2.10. The fourth-order valence-electron chi connectivity index (χ4n) is 2.71. The topological polar surface area (TPSA) is 70.8 Å². The van der Waals surface area contributed by atoms with Gasteiger partial charge in [0, 0.05) is 11.3 Å². The SMILES string of the molecule is CC(C)OC1CCc2ncnc(Nc3ccc(C#N)cc3)c21. The number of hydrogen-bond donors (Lipinski definition) is 1. The van der Waals surface area contributed by atoms with Crippen LogP contribution in [0.2, 0.25) is 0 Å². The van der Waals surface area contributed by atoms with Gasteiger partial charge in [-0.2, -0.15) is 5.26 Å². The second kappa shape index (κ2) is 6.12. The number of aryl methyl sites for hydroxylation is 1. The summed E-state index contributed by atoms with van der Waals surface area (Å²) in [6.45, 7) is 4.07. The summed E-state index contributed by atoms with van der Waals surface area (Å²) < 4.78 is 5.99. The molecule has 22 heavy (non-hydrogen) atoms. The summed E-state index contributed by atoms with van der Waals surface area (Å²) in [5.74, 6) is 0.790. The summed E-state index contributed by atoms with van der Waals surface area (Å²) in [6, 6.07) is 9.43. The summed E-state index contributed by atoms with van der Waals surface area (Å²) in [5.41, 5.74) is 3.65. The molecule has 1 aromatic carbocycles. The zero-order valence-electron chi connectivity index (χ0n) is 12.7. The molecule has 0 bridgehead atoms. The van der Waals surface area contributed by atoms with Gasteiger partial charge in [-0.25, -0.2) is 9.97 Å². The second-order valence-electron chi connectivity index (χ2n) is 5.61. The average molecular weight is 294 g/mol. The maximum Gasteiger partial charge on any atom is 0.139 e. The van der Waals surface area contributed by atoms with Crippen LogP contribution in [0.25, 0.3) is 0 Å². The molecule has 0 spiro atoms. The molecule has 1 unspecified atom stereocenters. The van der Waals surface area contributed by atoms with Crippen LogP contribution >= 0.6 is 0 Å². The lowest BCUT2D eigenvalue weighted by Gasteiger charge is -2.18. The highest BCUT2D eigenvalue weighted by Crippen LogP contribution is 2.38. The van der Waals surface area contributed by atoms with Crippen LogP contribution in [-0.4, -0.2) is 16.1 Å². The van der Waals surface area contributed by atoms with Crippen LogP contribution in [0.1, 0.15) is 43.2 Å². The molecule has 0 fully saturated rings. The van der Waals surface area contributed by atoms with Crippen molar-refractivity contribution in [3.8, 4) is 6.07 Å². The van der Waals surface area contributed by atoms with Crippen LogP contribution in [0, 0.1) is 11.3 Å². The van der Waals surface area contributed by atoms with Gasteiger partial charge in [0.25, 0.3) is 0 Å². The van der Waals surface area contributed by atoms with E-state index < -0.39 is 0 Å². The van der Waals surface area contributed by atoms with Crippen molar-refractivity contribution in [1.29, 1.82) is 5.26 Å². The summed E-state index contributed by atoms with van der Waals surface area (Å²) in [5, 5.41) is 12.2. The van der Waals surface area contributed by atoms with Gasteiger partial charge in [-0.05, 0) is 51.0 Å². The molecular weight excluding hydrogens is 276 g/mol. The molecule has 0 saturated heterocycles. The smallest absolute Gasteiger partial charge is 0.139 e. The lowest BCUT2D eigenvalue weighted by atomic mass is 10.1. The summed E-state index contributed by atoms with van der Waals surface area (Å²) >= 11 is 0. The van der Waals surface area contributed by atoms with Gasteiger partial charge in [0.15, 0.2) is 0 Å². The molecule has 0 amide bonds. The molecular formula is C17H18N4O. The largest absolute Gasteiger partial charge is 0.371 e. The van der Waals surface area contributed by atoms with E-state index in [0.717, 1.165) is 35.6 Å². The Labute approximate surface area is 130 Å². The van der Waals surface area contributed by atoms with Gasteiger partial charge >= 0.3 is 0 Å². The van der Waals surface area contributed by atoms with Crippen molar-refractivity contribution >= 4 is 11.5 Å². The maximum absolute atomic E-state index is 8.86. The number of nitrogens with zero attached hydrogens (tertiary/aromatic N) is 3. The maximum atomic E-state index is 8.86. The highest BCUT2D eigenvalue weighted by molar-refractivity contribution is 5.62. The second-order valence-corrected chi connectivity index (χ2v) is 5.61. The van der Waals surface area contributed by atoms with E-state index in [2.05, 4.69) is 21.4 Å². The molecule has 1 N–H and O–H groups in total. The van der Waals surface area contributed by atoms with E-state index in [9.17, 15) is 0 Å². The van der Waals surface area contributed by atoms with Gasteiger partial charge in [0.1, 0.15) is 12.1 Å². The highest BCUT2D eigenvalue weighted by Gasteiger charge is 2.29. The molecule has 112 valence electrons. The molecule has 0 aliphatic heterocycles. The third-order valence-corrected chi connectivity index (χ3v) is 3.64. The molecule has 1 aromatic heterocycles. The van der Waals surface area contributed by atoms with Crippen LogP contribution in [0.5, 0.6) is 0 Å². The van der Waals surface area contributed by atoms with Crippen molar-refractivity contribution in [2.24, 2.45) is 0 Å². The lowest BCUT2D eigenvalue weighted by molar-refractivity contribution is 0.00813. The van der Waals surface area contributed by atoms with Crippen LogP contribution in [0.3, 0.4) is 0 Å². The van der Waals surface area contributed by atoms with Crippen LogP contribution in [0.4, 0.5) is 11.5 Å². The van der Waals surface area contributed by atoms with E-state index in [0.29, 0.717) is 5.56 Å². The minimum atomic E-state index is 0.0390. The van der Waals surface area contributed by atoms with E-state index in [1.807, 2.05) is 26.0 Å². The first-order valence-corrected chi connectivity index (χ1v) is 7.44. The summed E-state index contributed by atoms with van der Waals surface area (Å²) in [4.78, 5) is 8.75. The van der Waals surface area contributed by atoms with Crippen molar-refractivity contribution in [1.82, 2.24) is 9.97 Å². The molecule has 2 aromatic rings. The molecule has 5 heteroatoms. The standard InChI is InChI=1S/C17H18N4O/c1-11(2)22-15-8-7-14-16(15)17(20-10-19-14)21-13-5-3-12(9-18)4-6-13/h3-6,10-11,15H,7-8H2,1-2H3,(H,19,20,21). The Morgan fingerprint density at radius 3 is 2.73 bits per heavy atom. The van der Waals surface area contributed by atoms with E-state index >= 15 is 0 Å². The molecule has 5 nitrogen and oxygen atoms in total. The highest BCUT2D eigenvalue weighted by atomic mass is 16.5. The number of benzene rings is 1. The first-order valence-electron chi connectivity index (χ1n) is 7.44.